The van der Waals surface area contributed by atoms with Crippen LogP contribution in [0.15, 0.2) is 30.3 Å². The number of benzene rings is 1. The number of rotatable bonds is 3. The SMILES string of the molecule is CC1(C)CCCC1C(=O)C(C#N)c1ccccc1. The summed E-state index contributed by atoms with van der Waals surface area (Å²) in [5.41, 5.74) is 0.869. The smallest absolute Gasteiger partial charge is 0.158 e. The summed E-state index contributed by atoms with van der Waals surface area (Å²) in [7, 11) is 0. The summed E-state index contributed by atoms with van der Waals surface area (Å²) < 4.78 is 0. The molecule has 1 saturated carbocycles. The average Bonchev–Trinajstić information content (AvgIpc) is 2.71. The summed E-state index contributed by atoms with van der Waals surface area (Å²) >= 11 is 0. The molecule has 0 bridgehead atoms. The van der Waals surface area contributed by atoms with Gasteiger partial charge < -0.3 is 0 Å². The number of nitrogens with zero attached hydrogens (tertiary/aromatic N) is 1. The van der Waals surface area contributed by atoms with Crippen LogP contribution in [0.4, 0.5) is 0 Å². The first kappa shape index (κ1) is 12.8. The number of hydrogen-bond acceptors (Lipinski definition) is 2. The molecule has 2 unspecified atom stereocenters. The van der Waals surface area contributed by atoms with Gasteiger partial charge in [0.25, 0.3) is 0 Å². The number of carbonyl (C=O) groups excluding carboxylic acids is 1. The largest absolute Gasteiger partial charge is 0.298 e. The highest BCUT2D eigenvalue weighted by Gasteiger charge is 2.42. The van der Waals surface area contributed by atoms with E-state index in [9.17, 15) is 10.1 Å². The highest BCUT2D eigenvalue weighted by molar-refractivity contribution is 5.91. The van der Waals surface area contributed by atoms with Gasteiger partial charge in [-0.1, -0.05) is 50.6 Å². The van der Waals surface area contributed by atoms with E-state index in [-0.39, 0.29) is 17.1 Å². The Morgan fingerprint density at radius 1 is 1.39 bits per heavy atom. The standard InChI is InChI=1S/C16H19NO/c1-16(2)10-6-9-14(16)15(18)13(11-17)12-7-4-3-5-8-12/h3-5,7-8,13-14H,6,9-10H2,1-2H3. The van der Waals surface area contributed by atoms with Crippen LogP contribution in [0.3, 0.4) is 0 Å². The van der Waals surface area contributed by atoms with Crippen LogP contribution in [0.25, 0.3) is 0 Å². The molecule has 94 valence electrons. The van der Waals surface area contributed by atoms with Crippen LogP contribution in [0.2, 0.25) is 0 Å². The van der Waals surface area contributed by atoms with Gasteiger partial charge in [-0.05, 0) is 23.8 Å². The molecule has 0 saturated heterocycles. The lowest BCUT2D eigenvalue weighted by Gasteiger charge is -2.27. The van der Waals surface area contributed by atoms with Crippen LogP contribution in [0, 0.1) is 22.7 Å². The fraction of sp³-hybridized carbons (Fsp3) is 0.500. The van der Waals surface area contributed by atoms with Crippen molar-refractivity contribution in [2.45, 2.75) is 39.0 Å². The molecule has 2 rings (SSSR count). The molecule has 0 N–H and O–H groups in total. The molecular weight excluding hydrogens is 222 g/mol. The second-order valence-corrected chi connectivity index (χ2v) is 5.81. The molecule has 0 aliphatic heterocycles. The number of Topliss-reactive ketones (excluding diaryl/α,β-unsaturated/α-hetero) is 1. The lowest BCUT2D eigenvalue weighted by atomic mass is 9.75. The third-order valence-electron chi connectivity index (χ3n) is 4.15. The van der Waals surface area contributed by atoms with Crippen LogP contribution in [-0.4, -0.2) is 5.78 Å². The van der Waals surface area contributed by atoms with Gasteiger partial charge in [-0.25, -0.2) is 0 Å². The molecule has 1 fully saturated rings. The van der Waals surface area contributed by atoms with Crippen molar-refractivity contribution in [1.29, 1.82) is 5.26 Å². The minimum absolute atomic E-state index is 0.0300. The van der Waals surface area contributed by atoms with Crippen molar-refractivity contribution < 1.29 is 4.79 Å². The van der Waals surface area contributed by atoms with E-state index >= 15 is 0 Å². The highest BCUT2D eigenvalue weighted by Crippen LogP contribution is 2.45. The molecule has 0 aromatic heterocycles. The molecule has 1 aromatic carbocycles. The maximum Gasteiger partial charge on any atom is 0.158 e. The minimum atomic E-state index is -0.603. The Hall–Kier alpha value is -1.62. The maximum absolute atomic E-state index is 12.6. The fourth-order valence-corrected chi connectivity index (χ4v) is 3.00. The number of carbonyl (C=O) groups is 1. The van der Waals surface area contributed by atoms with Gasteiger partial charge in [0.05, 0.1) is 6.07 Å². The fourth-order valence-electron chi connectivity index (χ4n) is 3.00. The van der Waals surface area contributed by atoms with E-state index in [1.165, 1.54) is 0 Å². The van der Waals surface area contributed by atoms with Crippen LogP contribution >= 0.6 is 0 Å². The number of nitriles is 1. The zero-order valence-corrected chi connectivity index (χ0v) is 11.0. The first-order valence-corrected chi connectivity index (χ1v) is 6.54. The van der Waals surface area contributed by atoms with Crippen LogP contribution in [-0.2, 0) is 4.79 Å². The molecule has 0 radical (unpaired) electrons. The van der Waals surface area contributed by atoms with Gasteiger partial charge in [-0.3, -0.25) is 4.79 Å². The van der Waals surface area contributed by atoms with Crippen LogP contribution in [0.5, 0.6) is 0 Å². The van der Waals surface area contributed by atoms with E-state index < -0.39 is 5.92 Å². The first-order chi connectivity index (χ1) is 8.56. The zero-order chi connectivity index (χ0) is 13.2. The summed E-state index contributed by atoms with van der Waals surface area (Å²) in [5.74, 6) is -0.470. The Balaban J connectivity index is 2.25. The van der Waals surface area contributed by atoms with Gasteiger partial charge in [0.1, 0.15) is 5.92 Å². The van der Waals surface area contributed by atoms with E-state index in [1.807, 2.05) is 30.3 Å². The minimum Gasteiger partial charge on any atom is -0.298 e. The monoisotopic (exact) mass is 241 g/mol. The predicted octanol–water partition coefficient (Wildman–Crippen LogP) is 3.69. The van der Waals surface area contributed by atoms with Gasteiger partial charge in [0, 0.05) is 5.92 Å². The molecule has 0 amide bonds. The van der Waals surface area contributed by atoms with Crippen molar-refractivity contribution in [1.82, 2.24) is 0 Å². The highest BCUT2D eigenvalue weighted by atomic mass is 16.1. The zero-order valence-electron chi connectivity index (χ0n) is 11.0. The van der Waals surface area contributed by atoms with E-state index in [1.54, 1.807) is 0 Å². The van der Waals surface area contributed by atoms with E-state index in [0.29, 0.717) is 0 Å². The van der Waals surface area contributed by atoms with Crippen molar-refractivity contribution in [2.75, 3.05) is 0 Å². The normalized spacial score (nSPS) is 23.3. The number of hydrogen-bond donors (Lipinski definition) is 0. The molecule has 2 heteroatoms. The Morgan fingerprint density at radius 3 is 2.56 bits per heavy atom. The summed E-state index contributed by atoms with van der Waals surface area (Å²) in [5, 5.41) is 9.31. The molecule has 1 aliphatic carbocycles. The van der Waals surface area contributed by atoms with E-state index in [4.69, 9.17) is 0 Å². The lowest BCUT2D eigenvalue weighted by molar-refractivity contribution is -0.125. The Morgan fingerprint density at radius 2 is 2.06 bits per heavy atom. The molecule has 0 heterocycles. The predicted molar refractivity (Wildman–Crippen MR) is 70.9 cm³/mol. The average molecular weight is 241 g/mol. The van der Waals surface area contributed by atoms with Crippen molar-refractivity contribution in [3.63, 3.8) is 0 Å². The Kier molecular flexibility index (Phi) is 3.52. The van der Waals surface area contributed by atoms with E-state index in [0.717, 1.165) is 24.8 Å². The Labute approximate surface area is 109 Å². The summed E-state index contributed by atoms with van der Waals surface area (Å²) in [6.45, 7) is 4.28. The summed E-state index contributed by atoms with van der Waals surface area (Å²) in [6, 6.07) is 11.6. The van der Waals surface area contributed by atoms with Crippen molar-refractivity contribution in [3.05, 3.63) is 35.9 Å². The van der Waals surface area contributed by atoms with Gasteiger partial charge in [0.2, 0.25) is 0 Å². The number of ketones is 1. The van der Waals surface area contributed by atoms with Crippen molar-refractivity contribution >= 4 is 5.78 Å². The summed E-state index contributed by atoms with van der Waals surface area (Å²) in [6.07, 6.45) is 3.10. The summed E-state index contributed by atoms with van der Waals surface area (Å²) in [4.78, 5) is 12.6. The third kappa shape index (κ3) is 2.31. The second kappa shape index (κ2) is 4.94. The Bertz CT molecular complexity index is 470. The molecule has 0 spiro atoms. The van der Waals surface area contributed by atoms with Crippen molar-refractivity contribution in [2.24, 2.45) is 11.3 Å². The molecule has 2 atom stereocenters. The molecule has 18 heavy (non-hydrogen) atoms. The maximum atomic E-state index is 12.6. The lowest BCUT2D eigenvalue weighted by Crippen LogP contribution is -2.29. The molecule has 2 nitrogen and oxygen atoms in total. The first-order valence-electron chi connectivity index (χ1n) is 6.54. The quantitative estimate of drug-likeness (QED) is 0.809. The van der Waals surface area contributed by atoms with Crippen LogP contribution < -0.4 is 0 Å². The van der Waals surface area contributed by atoms with Crippen LogP contribution in [0.1, 0.15) is 44.6 Å². The van der Waals surface area contributed by atoms with Gasteiger partial charge in [-0.2, -0.15) is 5.26 Å². The molecule has 1 aliphatic rings. The topological polar surface area (TPSA) is 40.9 Å². The van der Waals surface area contributed by atoms with Gasteiger partial charge in [0.15, 0.2) is 5.78 Å². The molecular formula is C16H19NO. The van der Waals surface area contributed by atoms with Crippen molar-refractivity contribution in [3.8, 4) is 6.07 Å². The van der Waals surface area contributed by atoms with E-state index in [2.05, 4.69) is 19.9 Å². The van der Waals surface area contributed by atoms with Gasteiger partial charge in [-0.15, -0.1) is 0 Å². The second-order valence-electron chi connectivity index (χ2n) is 5.81. The van der Waals surface area contributed by atoms with Gasteiger partial charge >= 0.3 is 0 Å². The molecule has 1 aromatic rings. The third-order valence-corrected chi connectivity index (χ3v) is 4.15.